The van der Waals surface area contributed by atoms with Crippen molar-refractivity contribution in [1.82, 2.24) is 0 Å². The van der Waals surface area contributed by atoms with Crippen molar-refractivity contribution in [3.63, 3.8) is 0 Å². The van der Waals surface area contributed by atoms with Gasteiger partial charge in [-0.3, -0.25) is 4.79 Å². The number of sulfone groups is 1. The van der Waals surface area contributed by atoms with Gasteiger partial charge >= 0.3 is 0 Å². The average molecular weight is 634 g/mol. The minimum atomic E-state index is -4.13. The van der Waals surface area contributed by atoms with Crippen molar-refractivity contribution in [3.05, 3.63) is 111 Å². The van der Waals surface area contributed by atoms with E-state index < -0.39 is 9.84 Å². The minimum absolute atomic E-state index is 0.0334. The van der Waals surface area contributed by atoms with E-state index in [9.17, 15) is 13.2 Å². The molecular formula is C28H23BrCl2N2O4S. The maximum Gasteiger partial charge on any atom is 0.243 e. The number of hydrogen-bond donors (Lipinski definition) is 2. The van der Waals surface area contributed by atoms with Gasteiger partial charge in [-0.2, -0.15) is 0 Å². The SMILES string of the molecule is Cc1ccc(S(=O)(=O)c2c(Cl)c(NCC(=O)Nc3ccc(Br)cc3)cc(OCc3ccccc3)c2Cl)cc1. The van der Waals surface area contributed by atoms with E-state index in [0.29, 0.717) is 5.69 Å². The van der Waals surface area contributed by atoms with E-state index in [1.807, 2.05) is 37.3 Å². The van der Waals surface area contributed by atoms with Gasteiger partial charge in [0.15, 0.2) is 0 Å². The Balaban J connectivity index is 1.67. The first-order valence-corrected chi connectivity index (χ1v) is 14.5. The monoisotopic (exact) mass is 632 g/mol. The Morgan fingerprint density at radius 2 is 1.58 bits per heavy atom. The first-order chi connectivity index (χ1) is 18.1. The molecule has 2 N–H and O–H groups in total. The van der Waals surface area contributed by atoms with E-state index in [1.165, 1.54) is 18.2 Å². The lowest BCUT2D eigenvalue weighted by Gasteiger charge is -2.18. The van der Waals surface area contributed by atoms with Crippen LogP contribution in [-0.2, 0) is 21.2 Å². The predicted octanol–water partition coefficient (Wildman–Crippen LogP) is 7.53. The summed E-state index contributed by atoms with van der Waals surface area (Å²) in [5, 5.41) is 5.41. The van der Waals surface area contributed by atoms with Crippen molar-refractivity contribution < 1.29 is 17.9 Å². The molecule has 1 amide bonds. The molecule has 4 aromatic rings. The molecule has 38 heavy (non-hydrogen) atoms. The lowest BCUT2D eigenvalue weighted by atomic mass is 10.2. The van der Waals surface area contributed by atoms with E-state index in [0.717, 1.165) is 15.6 Å². The molecule has 0 spiro atoms. The highest BCUT2D eigenvalue weighted by molar-refractivity contribution is 9.10. The Morgan fingerprint density at radius 3 is 2.24 bits per heavy atom. The molecular weight excluding hydrogens is 611 g/mol. The Kier molecular flexibility index (Phi) is 8.99. The minimum Gasteiger partial charge on any atom is -0.487 e. The highest BCUT2D eigenvalue weighted by Crippen LogP contribution is 2.44. The van der Waals surface area contributed by atoms with Gasteiger partial charge in [0.1, 0.15) is 22.3 Å². The fourth-order valence-corrected chi connectivity index (χ4v) is 6.30. The molecule has 0 aliphatic heterocycles. The van der Waals surface area contributed by atoms with Crippen LogP contribution in [0.2, 0.25) is 10.0 Å². The van der Waals surface area contributed by atoms with Gasteiger partial charge < -0.3 is 15.4 Å². The highest BCUT2D eigenvalue weighted by Gasteiger charge is 2.29. The summed E-state index contributed by atoms with van der Waals surface area (Å²) in [6, 6.07) is 24.3. The third kappa shape index (κ3) is 6.69. The molecule has 0 aliphatic carbocycles. The van der Waals surface area contributed by atoms with Crippen molar-refractivity contribution in [2.45, 2.75) is 23.3 Å². The van der Waals surface area contributed by atoms with Gasteiger partial charge in [-0.25, -0.2) is 8.42 Å². The molecule has 10 heteroatoms. The van der Waals surface area contributed by atoms with Gasteiger partial charge in [0, 0.05) is 16.2 Å². The standard InChI is InChI=1S/C28H23BrCl2N2O4S/c1-18-7-13-22(14-8-18)38(35,36)28-26(30)23(32-16-25(34)33-21-11-9-20(29)10-12-21)15-24(27(28)31)37-17-19-5-3-2-4-6-19/h2-15,32H,16-17H2,1H3,(H,33,34). The summed E-state index contributed by atoms with van der Waals surface area (Å²) in [5.41, 5.74) is 2.57. The number of carbonyl (C=O) groups is 1. The number of anilines is 2. The fourth-order valence-electron chi connectivity index (χ4n) is 3.54. The molecule has 0 unspecified atom stereocenters. The largest absolute Gasteiger partial charge is 0.487 e. The second kappa shape index (κ2) is 12.2. The summed E-state index contributed by atoms with van der Waals surface area (Å²) in [4.78, 5) is 12.3. The quantitative estimate of drug-likeness (QED) is 0.199. The lowest BCUT2D eigenvalue weighted by molar-refractivity contribution is -0.114. The second-order valence-electron chi connectivity index (χ2n) is 8.38. The summed E-state index contributed by atoms with van der Waals surface area (Å²) in [6.07, 6.45) is 0. The zero-order valence-electron chi connectivity index (χ0n) is 20.2. The van der Waals surface area contributed by atoms with E-state index in [2.05, 4.69) is 26.6 Å². The van der Waals surface area contributed by atoms with Crippen LogP contribution in [-0.4, -0.2) is 20.9 Å². The normalized spacial score (nSPS) is 11.2. The molecule has 0 bridgehead atoms. The predicted molar refractivity (Wildman–Crippen MR) is 155 cm³/mol. The van der Waals surface area contributed by atoms with Crippen LogP contribution in [0.5, 0.6) is 5.75 Å². The number of amides is 1. The van der Waals surface area contributed by atoms with E-state index in [4.69, 9.17) is 27.9 Å². The molecule has 0 radical (unpaired) electrons. The molecule has 4 rings (SSSR count). The van der Waals surface area contributed by atoms with Crippen LogP contribution < -0.4 is 15.4 Å². The Bertz CT molecular complexity index is 1550. The van der Waals surface area contributed by atoms with Crippen molar-refractivity contribution in [2.75, 3.05) is 17.2 Å². The van der Waals surface area contributed by atoms with Gasteiger partial charge in [-0.1, -0.05) is 87.2 Å². The number of benzene rings is 4. The number of carbonyl (C=O) groups excluding carboxylic acids is 1. The summed E-state index contributed by atoms with van der Waals surface area (Å²) in [6.45, 7) is 1.82. The molecule has 196 valence electrons. The smallest absolute Gasteiger partial charge is 0.243 e. The maximum absolute atomic E-state index is 13.6. The molecule has 0 aliphatic rings. The number of hydrogen-bond acceptors (Lipinski definition) is 5. The number of halogens is 3. The van der Waals surface area contributed by atoms with Crippen LogP contribution in [0.15, 0.2) is 99.2 Å². The number of ether oxygens (including phenoxy) is 1. The molecule has 0 heterocycles. The van der Waals surface area contributed by atoms with Gasteiger partial charge in [-0.05, 0) is 48.9 Å². The lowest BCUT2D eigenvalue weighted by Crippen LogP contribution is -2.22. The molecule has 0 saturated heterocycles. The van der Waals surface area contributed by atoms with E-state index in [1.54, 1.807) is 36.4 Å². The summed E-state index contributed by atoms with van der Waals surface area (Å²) in [5.74, 6) is -0.241. The van der Waals surface area contributed by atoms with Crippen LogP contribution >= 0.6 is 39.1 Å². The van der Waals surface area contributed by atoms with Crippen LogP contribution in [0, 0.1) is 6.92 Å². The molecule has 0 aromatic heterocycles. The molecule has 0 fully saturated rings. The van der Waals surface area contributed by atoms with Gasteiger partial charge in [0.25, 0.3) is 0 Å². The van der Waals surface area contributed by atoms with Crippen LogP contribution in [0.1, 0.15) is 11.1 Å². The molecule has 4 aromatic carbocycles. The van der Waals surface area contributed by atoms with Gasteiger partial charge in [0.2, 0.25) is 15.7 Å². The first-order valence-electron chi connectivity index (χ1n) is 11.4. The molecule has 0 saturated carbocycles. The Hall–Kier alpha value is -3.04. The van der Waals surface area contributed by atoms with E-state index in [-0.39, 0.29) is 50.3 Å². The zero-order valence-corrected chi connectivity index (χ0v) is 24.1. The summed E-state index contributed by atoms with van der Waals surface area (Å²) >= 11 is 16.6. The number of nitrogens with one attached hydrogen (secondary N) is 2. The van der Waals surface area contributed by atoms with Crippen molar-refractivity contribution in [2.24, 2.45) is 0 Å². The highest BCUT2D eigenvalue weighted by atomic mass is 79.9. The molecule has 6 nitrogen and oxygen atoms in total. The number of aryl methyl sites for hydroxylation is 1. The summed E-state index contributed by atoms with van der Waals surface area (Å²) < 4.78 is 34.1. The summed E-state index contributed by atoms with van der Waals surface area (Å²) in [7, 11) is -4.13. The van der Waals surface area contributed by atoms with Crippen LogP contribution in [0.25, 0.3) is 0 Å². The first kappa shape index (κ1) is 28.0. The second-order valence-corrected chi connectivity index (χ2v) is 11.9. The van der Waals surface area contributed by atoms with Gasteiger partial charge in [0.05, 0.1) is 22.2 Å². The fraction of sp³-hybridized carbons (Fsp3) is 0.107. The Morgan fingerprint density at radius 1 is 0.921 bits per heavy atom. The number of rotatable bonds is 9. The van der Waals surface area contributed by atoms with Crippen LogP contribution in [0.3, 0.4) is 0 Å². The third-order valence-corrected chi connectivity index (χ3v) is 8.89. The Labute approximate surface area is 240 Å². The zero-order chi connectivity index (χ0) is 27.3. The topological polar surface area (TPSA) is 84.5 Å². The van der Waals surface area contributed by atoms with Crippen molar-refractivity contribution in [3.8, 4) is 5.75 Å². The van der Waals surface area contributed by atoms with E-state index >= 15 is 0 Å². The third-order valence-electron chi connectivity index (χ3n) is 5.53. The molecule has 0 atom stereocenters. The average Bonchev–Trinajstić information content (AvgIpc) is 2.90. The van der Waals surface area contributed by atoms with Crippen molar-refractivity contribution in [1.29, 1.82) is 0 Å². The maximum atomic E-state index is 13.6. The van der Waals surface area contributed by atoms with Gasteiger partial charge in [-0.15, -0.1) is 0 Å². The van der Waals surface area contributed by atoms with Crippen molar-refractivity contribution >= 4 is 66.3 Å². The van der Waals surface area contributed by atoms with Crippen LogP contribution in [0.4, 0.5) is 11.4 Å².